The third-order valence-electron chi connectivity index (χ3n) is 6.84. The van der Waals surface area contributed by atoms with Crippen LogP contribution in [0.4, 0.5) is 0 Å². The van der Waals surface area contributed by atoms with Crippen LogP contribution >= 0.6 is 11.6 Å². The van der Waals surface area contributed by atoms with E-state index in [4.69, 9.17) is 27.1 Å². The number of imidazole rings is 1. The van der Waals surface area contributed by atoms with Crippen molar-refractivity contribution in [3.63, 3.8) is 0 Å². The number of nitrogens with zero attached hydrogens (tertiary/aromatic N) is 3. The monoisotopic (exact) mass is 476 g/mol. The van der Waals surface area contributed by atoms with Gasteiger partial charge in [0.15, 0.2) is 5.79 Å². The van der Waals surface area contributed by atoms with Gasteiger partial charge in [0, 0.05) is 35.0 Å². The molecule has 2 aliphatic rings. The van der Waals surface area contributed by atoms with Crippen molar-refractivity contribution in [3.05, 3.63) is 88.6 Å². The van der Waals surface area contributed by atoms with Gasteiger partial charge in [0.2, 0.25) is 0 Å². The molecule has 5 rings (SSSR count). The highest BCUT2D eigenvalue weighted by Gasteiger charge is 2.47. The molecule has 2 heterocycles. The van der Waals surface area contributed by atoms with Crippen molar-refractivity contribution < 1.29 is 4.74 Å². The number of nitrogens with one attached hydrogen (secondary N) is 2. The first kappa shape index (κ1) is 22.5. The summed E-state index contributed by atoms with van der Waals surface area (Å²) in [6, 6.07) is 16.5. The number of benzene rings is 2. The van der Waals surface area contributed by atoms with Crippen LogP contribution in [0.2, 0.25) is 5.15 Å². The first-order valence-electron chi connectivity index (χ1n) is 11.5. The van der Waals surface area contributed by atoms with Gasteiger partial charge < -0.3 is 19.9 Å². The average molecular weight is 477 g/mol. The number of hydrogen-bond donors (Lipinski definition) is 3. The Labute approximate surface area is 204 Å². The van der Waals surface area contributed by atoms with Crippen molar-refractivity contribution in [2.75, 3.05) is 13.7 Å². The van der Waals surface area contributed by atoms with Gasteiger partial charge in [-0.1, -0.05) is 48.0 Å². The lowest BCUT2D eigenvalue weighted by molar-refractivity contribution is 0.313. The smallest absolute Gasteiger partial charge is 0.190 e. The van der Waals surface area contributed by atoms with Gasteiger partial charge in [-0.25, -0.2) is 4.98 Å². The second kappa shape index (κ2) is 8.49. The number of halogens is 1. The minimum Gasteiger partial charge on any atom is -0.495 e. The Morgan fingerprint density at radius 1 is 1.18 bits per heavy atom. The van der Waals surface area contributed by atoms with Crippen LogP contribution in [0.5, 0.6) is 5.75 Å². The van der Waals surface area contributed by atoms with E-state index in [0.29, 0.717) is 17.4 Å². The van der Waals surface area contributed by atoms with Crippen molar-refractivity contribution in [3.8, 4) is 11.4 Å². The predicted molar refractivity (Wildman–Crippen MR) is 135 cm³/mol. The molecule has 2 aromatic carbocycles. The van der Waals surface area contributed by atoms with E-state index in [-0.39, 0.29) is 5.41 Å². The molecule has 4 N–H and O–H groups in total. The summed E-state index contributed by atoms with van der Waals surface area (Å²) in [5.41, 5.74) is 12.1. The molecule has 34 heavy (non-hydrogen) atoms. The Hall–Kier alpha value is -3.29. The summed E-state index contributed by atoms with van der Waals surface area (Å²) < 4.78 is 7.54. The summed E-state index contributed by atoms with van der Waals surface area (Å²) >= 11 is 6.02. The van der Waals surface area contributed by atoms with Crippen molar-refractivity contribution in [2.45, 2.75) is 37.9 Å². The molecule has 1 aliphatic heterocycles. The van der Waals surface area contributed by atoms with Crippen LogP contribution in [0.25, 0.3) is 5.69 Å². The zero-order valence-corrected chi connectivity index (χ0v) is 20.4. The van der Waals surface area contributed by atoms with Crippen LogP contribution in [-0.4, -0.2) is 29.0 Å². The summed E-state index contributed by atoms with van der Waals surface area (Å²) in [4.78, 5) is 8.89. The fraction of sp³-hybridized carbons (Fsp3) is 0.308. The average Bonchev–Trinajstić information content (AvgIpc) is 3.43. The summed E-state index contributed by atoms with van der Waals surface area (Å²) in [7, 11) is 1.64. The van der Waals surface area contributed by atoms with Gasteiger partial charge in [-0.15, -0.1) is 0 Å². The number of allylic oxidation sites excluding steroid dienone is 1. The second-order valence-electron chi connectivity index (χ2n) is 8.92. The number of methoxy groups -OCH3 is 1. The summed E-state index contributed by atoms with van der Waals surface area (Å²) in [5.74, 6) is 0.444. The van der Waals surface area contributed by atoms with Crippen LogP contribution in [0.3, 0.4) is 0 Å². The van der Waals surface area contributed by atoms with E-state index in [9.17, 15) is 0 Å². The van der Waals surface area contributed by atoms with Gasteiger partial charge in [0.05, 0.1) is 12.8 Å². The summed E-state index contributed by atoms with van der Waals surface area (Å²) in [6.45, 7) is 4.98. The molecule has 176 valence electrons. The third-order valence-corrected chi connectivity index (χ3v) is 7.04. The van der Waals surface area contributed by atoms with Crippen molar-refractivity contribution >= 4 is 17.4 Å². The Balaban J connectivity index is 1.59. The standard InChI is InChI=1S/C26H29ClN6O/c1-4-29-24-19-12-13-25(2,17-8-6-5-7-9-17)23(19)31-26(28,32-24)18-10-11-20(21(14-18)34-3)33-15-22(27)30-16-33/h5-11,14-16,31H,4,12-13,28H2,1-3H3,(H,29,32). The first-order chi connectivity index (χ1) is 16.4. The maximum Gasteiger partial charge on any atom is 0.190 e. The minimum atomic E-state index is -1.06. The molecule has 1 aromatic heterocycles. The van der Waals surface area contributed by atoms with Gasteiger partial charge in [0.1, 0.15) is 23.1 Å². The second-order valence-corrected chi connectivity index (χ2v) is 9.31. The molecule has 3 aromatic rings. The number of rotatable bonds is 5. The van der Waals surface area contributed by atoms with Gasteiger partial charge in [-0.3, -0.25) is 10.7 Å². The Morgan fingerprint density at radius 3 is 2.65 bits per heavy atom. The van der Waals surface area contributed by atoms with Crippen LogP contribution in [0.15, 0.2) is 77.3 Å². The highest BCUT2D eigenvalue weighted by Crippen LogP contribution is 2.46. The lowest BCUT2D eigenvalue weighted by Crippen LogP contribution is -2.66. The molecule has 0 bridgehead atoms. The van der Waals surface area contributed by atoms with E-state index >= 15 is 0 Å². The van der Waals surface area contributed by atoms with Crippen molar-refractivity contribution in [1.82, 2.24) is 20.2 Å². The van der Waals surface area contributed by atoms with Crippen LogP contribution in [-0.2, 0) is 11.2 Å². The zero-order valence-electron chi connectivity index (χ0n) is 19.6. The predicted octanol–water partition coefficient (Wildman–Crippen LogP) is 4.22. The van der Waals surface area contributed by atoms with Gasteiger partial charge in [-0.05, 0) is 44.4 Å². The minimum absolute atomic E-state index is 0.185. The number of aromatic nitrogens is 2. The van der Waals surface area contributed by atoms with Crippen LogP contribution in [0.1, 0.15) is 37.8 Å². The Morgan fingerprint density at radius 2 is 1.97 bits per heavy atom. The number of nitrogens with two attached hydrogens (primary N) is 1. The van der Waals surface area contributed by atoms with E-state index in [2.05, 4.69) is 46.8 Å². The molecule has 2 unspecified atom stereocenters. The fourth-order valence-electron chi connectivity index (χ4n) is 5.00. The highest BCUT2D eigenvalue weighted by molar-refractivity contribution is 6.29. The van der Waals surface area contributed by atoms with E-state index in [1.807, 2.05) is 35.8 Å². The van der Waals surface area contributed by atoms with Crippen LogP contribution in [0, 0.1) is 0 Å². The maximum atomic E-state index is 7.04. The zero-order chi connectivity index (χ0) is 23.9. The van der Waals surface area contributed by atoms with E-state index in [1.165, 1.54) is 11.1 Å². The summed E-state index contributed by atoms with van der Waals surface area (Å²) in [5, 5.41) is 7.57. The molecule has 0 amide bonds. The molecule has 7 nitrogen and oxygen atoms in total. The van der Waals surface area contributed by atoms with Gasteiger partial charge >= 0.3 is 0 Å². The molecule has 0 saturated carbocycles. The normalized spacial score (nSPS) is 25.1. The maximum absolute atomic E-state index is 7.04. The molecule has 0 saturated heterocycles. The van der Waals surface area contributed by atoms with Gasteiger partial charge in [0.25, 0.3) is 0 Å². The van der Waals surface area contributed by atoms with Crippen LogP contribution < -0.4 is 21.1 Å². The van der Waals surface area contributed by atoms with E-state index in [0.717, 1.165) is 35.6 Å². The molecule has 0 radical (unpaired) electrons. The summed E-state index contributed by atoms with van der Waals surface area (Å²) in [6.07, 6.45) is 5.31. The van der Waals surface area contributed by atoms with E-state index in [1.54, 1.807) is 19.6 Å². The Kier molecular flexibility index (Phi) is 5.62. The van der Waals surface area contributed by atoms with Gasteiger partial charge in [-0.2, -0.15) is 0 Å². The molecule has 0 spiro atoms. The fourth-order valence-corrected chi connectivity index (χ4v) is 5.15. The largest absolute Gasteiger partial charge is 0.495 e. The third kappa shape index (κ3) is 3.65. The number of ether oxygens (including phenoxy) is 1. The lowest BCUT2D eigenvalue weighted by Gasteiger charge is -2.43. The molecule has 1 aliphatic carbocycles. The Bertz CT molecular complexity index is 1280. The van der Waals surface area contributed by atoms with E-state index < -0.39 is 5.79 Å². The van der Waals surface area contributed by atoms with Crippen molar-refractivity contribution in [1.29, 1.82) is 0 Å². The number of hydrogen-bond acceptors (Lipinski definition) is 5. The quantitative estimate of drug-likeness (QED) is 0.513. The highest BCUT2D eigenvalue weighted by atomic mass is 35.5. The molecule has 0 fully saturated rings. The molecular weight excluding hydrogens is 448 g/mol. The molecular formula is C26H29ClN6O. The number of aliphatic imine (C=N–C) groups is 1. The number of amidine groups is 1. The first-order valence-corrected chi connectivity index (χ1v) is 11.8. The topological polar surface area (TPSA) is 89.5 Å². The molecule has 8 heteroatoms. The SMILES string of the molecule is CCN=C1NC(N)(c2ccc(-n3cnc(Cl)c3)c(OC)c2)NC2=C1CCC2(C)c1ccccc1. The lowest BCUT2D eigenvalue weighted by atomic mass is 9.79. The van der Waals surface area contributed by atoms with Crippen molar-refractivity contribution in [2.24, 2.45) is 10.7 Å². The molecule has 2 atom stereocenters.